The number of hydrogen-bond acceptors (Lipinski definition) is 1. The fourth-order valence-corrected chi connectivity index (χ4v) is 8.86. The predicted octanol–water partition coefficient (Wildman–Crippen LogP) is 15.9. The lowest BCUT2D eigenvalue weighted by Gasteiger charge is -2.18. The Balaban J connectivity index is 1.20. The van der Waals surface area contributed by atoms with Gasteiger partial charge < -0.3 is 0 Å². The molecule has 1 aromatic heterocycles. The van der Waals surface area contributed by atoms with Crippen LogP contribution in [0.5, 0.6) is 0 Å². The molecule has 62 heavy (non-hydrogen) atoms. The van der Waals surface area contributed by atoms with Crippen molar-refractivity contribution in [1.29, 1.82) is 0 Å². The third kappa shape index (κ3) is 8.41. The van der Waals surface area contributed by atoms with Crippen LogP contribution in [0, 0.1) is 6.92 Å². The van der Waals surface area contributed by atoms with Crippen LogP contribution in [-0.4, -0.2) is 10.3 Å². The first-order valence-corrected chi connectivity index (χ1v) is 21.6. The van der Waals surface area contributed by atoms with Crippen molar-refractivity contribution in [1.82, 2.24) is 4.57 Å². The van der Waals surface area contributed by atoms with E-state index in [0.717, 1.165) is 52.8 Å². The quantitative estimate of drug-likeness (QED) is 0.0770. The molecule has 8 aromatic carbocycles. The Kier molecular flexibility index (Phi) is 11.8. The highest BCUT2D eigenvalue weighted by Gasteiger charge is 2.21. The molecule has 0 N–H and O–H groups in total. The molecule has 0 spiro atoms. The van der Waals surface area contributed by atoms with Crippen LogP contribution in [0.25, 0.3) is 66.6 Å². The Morgan fingerprint density at radius 2 is 1.16 bits per heavy atom. The zero-order valence-electron chi connectivity index (χ0n) is 35.3. The fourth-order valence-electron chi connectivity index (χ4n) is 8.86. The zero-order chi connectivity index (χ0) is 42.3. The summed E-state index contributed by atoms with van der Waals surface area (Å²) in [7, 11) is 0. The molecule has 0 unspecified atom stereocenters. The fraction of sp³-hybridized carbons (Fsp3) is 0.0833. The van der Waals surface area contributed by atoms with E-state index in [2.05, 4.69) is 224 Å². The second kappa shape index (κ2) is 18.4. The number of aryl methyl sites for hydroxylation is 3. The summed E-state index contributed by atoms with van der Waals surface area (Å²) in [6.45, 7) is 11.2. The number of aliphatic imine (C=N–C) groups is 1. The molecule has 0 radical (unpaired) electrons. The van der Waals surface area contributed by atoms with Crippen molar-refractivity contribution in [2.24, 2.45) is 4.99 Å². The van der Waals surface area contributed by atoms with Crippen LogP contribution in [-0.2, 0) is 12.8 Å². The Morgan fingerprint density at radius 3 is 1.92 bits per heavy atom. The Labute approximate surface area is 366 Å². The van der Waals surface area contributed by atoms with Crippen molar-refractivity contribution in [2.45, 2.75) is 32.6 Å². The van der Waals surface area contributed by atoms with Gasteiger partial charge in [-0.1, -0.05) is 207 Å². The summed E-state index contributed by atoms with van der Waals surface area (Å²) in [5.41, 5.74) is 17.7. The molecule has 1 heterocycles. The minimum Gasteiger partial charge on any atom is -0.294 e. The van der Waals surface area contributed by atoms with Crippen molar-refractivity contribution in [3.8, 4) is 33.4 Å². The van der Waals surface area contributed by atoms with Crippen LogP contribution in [0.15, 0.2) is 230 Å². The first-order chi connectivity index (χ1) is 30.6. The van der Waals surface area contributed by atoms with Gasteiger partial charge in [-0.05, 0) is 118 Å². The molecule has 0 saturated carbocycles. The topological polar surface area (TPSA) is 17.3 Å². The third-order valence-electron chi connectivity index (χ3n) is 12.0. The number of fused-ring (bicyclic) bond motifs is 3. The minimum atomic E-state index is 0.696. The molecule has 0 fully saturated rings. The van der Waals surface area contributed by atoms with E-state index in [1.807, 2.05) is 6.08 Å². The lowest BCUT2D eigenvalue weighted by Crippen LogP contribution is -2.06. The SMILES string of the molecule is C=C/C(=C\CCC(=NC(=C)n1c2ccccc2c2ccc(-c3ccccc3C)c(CCc3ccccc3)c21)c1cccc(-c2cccc(-c3ccccc3)c2)c1)c1ccccc1. The number of hydrogen-bond donors (Lipinski definition) is 0. The molecule has 0 aliphatic carbocycles. The average Bonchev–Trinajstić information content (AvgIpc) is 3.68. The molecular weight excluding hydrogens is 749 g/mol. The molecule has 2 nitrogen and oxygen atoms in total. The van der Waals surface area contributed by atoms with Gasteiger partial charge in [-0.2, -0.15) is 0 Å². The van der Waals surface area contributed by atoms with Crippen molar-refractivity contribution in [2.75, 3.05) is 0 Å². The highest BCUT2D eigenvalue weighted by atomic mass is 15.1. The van der Waals surface area contributed by atoms with Gasteiger partial charge in [0.25, 0.3) is 0 Å². The maximum atomic E-state index is 5.59. The molecule has 9 aromatic rings. The van der Waals surface area contributed by atoms with Gasteiger partial charge in [-0.25, -0.2) is 4.99 Å². The Hall–Kier alpha value is -7.55. The monoisotopic (exact) mass is 798 g/mol. The largest absolute Gasteiger partial charge is 0.294 e. The molecule has 0 amide bonds. The maximum absolute atomic E-state index is 5.59. The summed E-state index contributed by atoms with van der Waals surface area (Å²) in [6.07, 6.45) is 7.51. The van der Waals surface area contributed by atoms with Crippen molar-refractivity contribution in [3.63, 3.8) is 0 Å². The molecule has 0 saturated heterocycles. The molecule has 0 aliphatic rings. The minimum absolute atomic E-state index is 0.696. The molecule has 0 atom stereocenters. The Bertz CT molecular complexity index is 3090. The molecule has 0 bridgehead atoms. The van der Waals surface area contributed by atoms with E-state index in [-0.39, 0.29) is 0 Å². The second-order valence-electron chi connectivity index (χ2n) is 15.9. The van der Waals surface area contributed by atoms with Crippen LogP contribution < -0.4 is 0 Å². The van der Waals surface area contributed by atoms with E-state index < -0.39 is 0 Å². The lowest BCUT2D eigenvalue weighted by molar-refractivity contribution is 0.962. The van der Waals surface area contributed by atoms with Gasteiger partial charge in [0.15, 0.2) is 0 Å². The first kappa shape index (κ1) is 39.9. The average molecular weight is 799 g/mol. The number of nitrogens with zero attached hydrogens (tertiary/aromatic N) is 2. The maximum Gasteiger partial charge on any atom is 0.130 e. The van der Waals surface area contributed by atoms with Gasteiger partial charge in [-0.3, -0.25) is 4.57 Å². The van der Waals surface area contributed by atoms with Gasteiger partial charge in [-0.15, -0.1) is 0 Å². The predicted molar refractivity (Wildman–Crippen MR) is 266 cm³/mol. The molecule has 9 rings (SSSR count). The van der Waals surface area contributed by atoms with Crippen LogP contribution >= 0.6 is 0 Å². The van der Waals surface area contributed by atoms with Gasteiger partial charge in [0.05, 0.1) is 16.7 Å². The number of aromatic nitrogens is 1. The zero-order valence-corrected chi connectivity index (χ0v) is 35.3. The van der Waals surface area contributed by atoms with Crippen molar-refractivity contribution >= 4 is 38.9 Å². The van der Waals surface area contributed by atoms with E-state index in [0.29, 0.717) is 12.2 Å². The summed E-state index contributed by atoms with van der Waals surface area (Å²) in [4.78, 5) is 5.59. The van der Waals surface area contributed by atoms with E-state index in [1.54, 1.807) is 0 Å². The van der Waals surface area contributed by atoms with E-state index in [9.17, 15) is 0 Å². The van der Waals surface area contributed by atoms with Crippen LogP contribution in [0.4, 0.5) is 0 Å². The van der Waals surface area contributed by atoms with Crippen molar-refractivity contribution in [3.05, 3.63) is 253 Å². The summed E-state index contributed by atoms with van der Waals surface area (Å²) in [5, 5.41) is 2.40. The molecule has 300 valence electrons. The summed E-state index contributed by atoms with van der Waals surface area (Å²) < 4.78 is 2.33. The number of para-hydroxylation sites is 1. The van der Waals surface area contributed by atoms with E-state index in [1.165, 1.54) is 60.8 Å². The molecular formula is C60H50N2. The Morgan fingerprint density at radius 1 is 0.548 bits per heavy atom. The smallest absolute Gasteiger partial charge is 0.130 e. The van der Waals surface area contributed by atoms with Gasteiger partial charge >= 0.3 is 0 Å². The second-order valence-corrected chi connectivity index (χ2v) is 15.9. The summed E-state index contributed by atoms with van der Waals surface area (Å²) >= 11 is 0. The van der Waals surface area contributed by atoms with E-state index >= 15 is 0 Å². The standard InChI is InChI=1S/C60H50N2/c1-4-46(47-24-10-6-11-25-47)28-20-35-58(52-32-19-31-51(42-52)50-30-18-29-49(41-50)48-26-12-7-13-27-48)61-44(3)62-59-36-17-16-34-55(59)57-40-39-54(53-33-15-14-21-43(53)2)56(60(57)62)38-37-45-22-8-5-9-23-45/h4-19,21-34,36,39-42H,1,3,20,35,37-38H2,2H3/b46-28+,61-58?. The summed E-state index contributed by atoms with van der Waals surface area (Å²) in [6, 6.07) is 71.6. The normalized spacial score (nSPS) is 11.9. The van der Waals surface area contributed by atoms with Crippen LogP contribution in [0.2, 0.25) is 0 Å². The van der Waals surface area contributed by atoms with Crippen LogP contribution in [0.3, 0.4) is 0 Å². The molecule has 2 heteroatoms. The van der Waals surface area contributed by atoms with E-state index in [4.69, 9.17) is 11.6 Å². The number of rotatable bonds is 14. The van der Waals surface area contributed by atoms with Crippen molar-refractivity contribution < 1.29 is 0 Å². The lowest BCUT2D eigenvalue weighted by atomic mass is 9.91. The van der Waals surface area contributed by atoms with Gasteiger partial charge in [0, 0.05) is 10.8 Å². The van der Waals surface area contributed by atoms with Gasteiger partial charge in [0.2, 0.25) is 0 Å². The summed E-state index contributed by atoms with van der Waals surface area (Å²) in [5.74, 6) is 0.696. The highest BCUT2D eigenvalue weighted by Crippen LogP contribution is 2.40. The number of benzene rings is 8. The molecule has 0 aliphatic heterocycles. The van der Waals surface area contributed by atoms with Gasteiger partial charge in [0.1, 0.15) is 5.82 Å². The number of allylic oxidation sites excluding steroid dienone is 3. The first-order valence-electron chi connectivity index (χ1n) is 21.6. The third-order valence-corrected chi connectivity index (χ3v) is 12.0. The highest BCUT2D eigenvalue weighted by molar-refractivity contribution is 6.13. The van der Waals surface area contributed by atoms with Crippen LogP contribution in [0.1, 0.15) is 40.7 Å².